The maximum atomic E-state index is 5.94. The fourth-order valence-electron chi connectivity index (χ4n) is 3.00. The van der Waals surface area contributed by atoms with E-state index >= 15 is 0 Å². The average Bonchev–Trinajstić information content (AvgIpc) is 2.78. The van der Waals surface area contributed by atoms with Gasteiger partial charge in [-0.05, 0) is 19.3 Å². The number of hydrogen-bond donors (Lipinski definition) is 2. The van der Waals surface area contributed by atoms with E-state index in [9.17, 15) is 0 Å². The highest BCUT2D eigenvalue weighted by atomic mass is 15.3. The maximum absolute atomic E-state index is 5.94. The predicted molar refractivity (Wildman–Crippen MR) is 94.3 cm³/mol. The molecule has 1 aliphatic heterocycles. The van der Waals surface area contributed by atoms with Gasteiger partial charge in [-0.15, -0.1) is 10.2 Å². The molecule has 0 amide bonds. The summed E-state index contributed by atoms with van der Waals surface area (Å²) in [5.41, 5.74) is 5.94. The molecule has 0 unspecified atom stereocenters. The molecule has 2 heterocycles. The number of nitrogens with zero attached hydrogens (tertiary/aromatic N) is 4. The Balaban J connectivity index is 1.67. The number of hydrogen-bond acceptors (Lipinski definition) is 3. The van der Waals surface area contributed by atoms with Crippen molar-refractivity contribution in [2.75, 3.05) is 6.54 Å². The number of guanidine groups is 1. The molecule has 6 heteroatoms. The van der Waals surface area contributed by atoms with E-state index in [-0.39, 0.29) is 0 Å². The smallest absolute Gasteiger partial charge is 0.189 e. The van der Waals surface area contributed by atoms with Gasteiger partial charge >= 0.3 is 0 Å². The van der Waals surface area contributed by atoms with Crippen LogP contribution in [0, 0.1) is 0 Å². The first-order valence-corrected chi connectivity index (χ1v) is 9.26. The number of aliphatic imine (C=N–C) groups is 1. The Hall–Kier alpha value is -1.59. The van der Waals surface area contributed by atoms with Gasteiger partial charge in [-0.3, -0.25) is 0 Å². The summed E-state index contributed by atoms with van der Waals surface area (Å²) in [5, 5.41) is 11.8. The Bertz CT molecular complexity index is 479. The van der Waals surface area contributed by atoms with Crippen molar-refractivity contribution >= 4 is 5.96 Å². The van der Waals surface area contributed by atoms with E-state index in [0.717, 1.165) is 37.6 Å². The van der Waals surface area contributed by atoms with Crippen LogP contribution in [0.3, 0.4) is 0 Å². The van der Waals surface area contributed by atoms with Crippen LogP contribution in [0.5, 0.6) is 0 Å². The van der Waals surface area contributed by atoms with Gasteiger partial charge in [0.2, 0.25) is 0 Å². The third-order valence-electron chi connectivity index (χ3n) is 4.41. The minimum atomic E-state index is 0.516. The van der Waals surface area contributed by atoms with Crippen LogP contribution < -0.4 is 11.1 Å². The summed E-state index contributed by atoms with van der Waals surface area (Å²) in [6, 6.07) is 0. The normalized spacial score (nSPS) is 15.3. The van der Waals surface area contributed by atoms with Crippen molar-refractivity contribution in [2.24, 2.45) is 10.7 Å². The molecule has 0 aromatic carbocycles. The first-order valence-electron chi connectivity index (χ1n) is 9.26. The molecule has 0 radical (unpaired) electrons. The summed E-state index contributed by atoms with van der Waals surface area (Å²) < 4.78 is 2.22. The van der Waals surface area contributed by atoms with Gasteiger partial charge in [0, 0.05) is 19.5 Å². The molecule has 0 saturated carbocycles. The lowest BCUT2D eigenvalue weighted by Gasteiger charge is -2.07. The molecule has 0 atom stereocenters. The van der Waals surface area contributed by atoms with Gasteiger partial charge in [-0.25, -0.2) is 4.99 Å². The molecule has 0 bridgehead atoms. The summed E-state index contributed by atoms with van der Waals surface area (Å²) in [4.78, 5) is 4.41. The molecule has 130 valence electrons. The number of nitrogens with one attached hydrogen (secondary N) is 1. The molecule has 0 aliphatic carbocycles. The van der Waals surface area contributed by atoms with Gasteiger partial charge in [0.15, 0.2) is 11.8 Å². The van der Waals surface area contributed by atoms with Crippen LogP contribution in [0.1, 0.15) is 76.4 Å². The third kappa shape index (κ3) is 6.20. The summed E-state index contributed by atoms with van der Waals surface area (Å²) in [7, 11) is 0. The highest BCUT2D eigenvalue weighted by Gasteiger charge is 2.13. The number of aryl methyl sites for hydroxylation is 1. The molecule has 1 aliphatic rings. The summed E-state index contributed by atoms with van der Waals surface area (Å²) in [6.07, 6.45) is 12.4. The minimum Gasteiger partial charge on any atom is -0.370 e. The van der Waals surface area contributed by atoms with E-state index in [2.05, 4.69) is 32.0 Å². The SMILES string of the molecule is CCCCCCCCNC(N)=NCc1nnc2n1CCCCC2. The molecular weight excluding hydrogens is 288 g/mol. The predicted octanol–water partition coefficient (Wildman–Crippen LogP) is 2.77. The Morgan fingerprint density at radius 2 is 1.96 bits per heavy atom. The molecular formula is C17H32N6. The van der Waals surface area contributed by atoms with Crippen molar-refractivity contribution in [3.63, 3.8) is 0 Å². The van der Waals surface area contributed by atoms with E-state index in [4.69, 9.17) is 5.73 Å². The zero-order valence-corrected chi connectivity index (χ0v) is 14.6. The second-order valence-electron chi connectivity index (χ2n) is 6.39. The van der Waals surface area contributed by atoms with Crippen molar-refractivity contribution in [1.82, 2.24) is 20.1 Å². The van der Waals surface area contributed by atoms with E-state index in [1.165, 1.54) is 51.4 Å². The largest absolute Gasteiger partial charge is 0.370 e. The minimum absolute atomic E-state index is 0.516. The maximum Gasteiger partial charge on any atom is 0.189 e. The lowest BCUT2D eigenvalue weighted by atomic mass is 10.1. The van der Waals surface area contributed by atoms with Crippen molar-refractivity contribution < 1.29 is 0 Å². The molecule has 2 rings (SSSR count). The van der Waals surface area contributed by atoms with Crippen LogP contribution in [0.2, 0.25) is 0 Å². The first kappa shape index (κ1) is 17.8. The van der Waals surface area contributed by atoms with E-state index in [0.29, 0.717) is 12.5 Å². The van der Waals surface area contributed by atoms with E-state index < -0.39 is 0 Å². The zero-order chi connectivity index (χ0) is 16.3. The summed E-state index contributed by atoms with van der Waals surface area (Å²) in [6.45, 7) is 4.67. The fraction of sp³-hybridized carbons (Fsp3) is 0.824. The Morgan fingerprint density at radius 3 is 2.83 bits per heavy atom. The van der Waals surface area contributed by atoms with Gasteiger partial charge in [0.25, 0.3) is 0 Å². The lowest BCUT2D eigenvalue weighted by molar-refractivity contribution is 0.599. The summed E-state index contributed by atoms with van der Waals surface area (Å²) >= 11 is 0. The Morgan fingerprint density at radius 1 is 1.13 bits per heavy atom. The van der Waals surface area contributed by atoms with Crippen LogP contribution in [0.15, 0.2) is 4.99 Å². The number of fused-ring (bicyclic) bond motifs is 1. The lowest BCUT2D eigenvalue weighted by Crippen LogP contribution is -2.32. The fourth-order valence-corrected chi connectivity index (χ4v) is 3.00. The topological polar surface area (TPSA) is 81.1 Å². The highest BCUT2D eigenvalue weighted by Crippen LogP contribution is 2.14. The first-order chi connectivity index (χ1) is 11.3. The van der Waals surface area contributed by atoms with E-state index in [1.54, 1.807) is 0 Å². The standard InChI is InChI=1S/C17H32N6/c1-2-3-4-5-6-9-12-19-17(18)20-14-16-22-21-15-11-8-7-10-13-23(15)16/h2-14H2,1H3,(H3,18,19,20). The number of nitrogens with two attached hydrogens (primary N) is 1. The van der Waals surface area contributed by atoms with Crippen LogP contribution in [0.4, 0.5) is 0 Å². The van der Waals surface area contributed by atoms with Gasteiger partial charge in [0.1, 0.15) is 12.4 Å². The van der Waals surface area contributed by atoms with Crippen LogP contribution >= 0.6 is 0 Å². The second-order valence-corrected chi connectivity index (χ2v) is 6.39. The molecule has 3 N–H and O–H groups in total. The van der Waals surface area contributed by atoms with Gasteiger partial charge in [-0.2, -0.15) is 0 Å². The monoisotopic (exact) mass is 320 g/mol. The molecule has 0 fully saturated rings. The van der Waals surface area contributed by atoms with E-state index in [1.807, 2.05) is 0 Å². The number of aromatic nitrogens is 3. The van der Waals surface area contributed by atoms with Crippen molar-refractivity contribution in [1.29, 1.82) is 0 Å². The number of rotatable bonds is 9. The van der Waals surface area contributed by atoms with Crippen LogP contribution in [-0.2, 0) is 19.5 Å². The molecule has 1 aromatic rings. The zero-order valence-electron chi connectivity index (χ0n) is 14.6. The molecule has 23 heavy (non-hydrogen) atoms. The van der Waals surface area contributed by atoms with Gasteiger partial charge in [-0.1, -0.05) is 45.4 Å². The average molecular weight is 320 g/mol. The van der Waals surface area contributed by atoms with Crippen LogP contribution in [-0.4, -0.2) is 27.3 Å². The molecule has 0 spiro atoms. The summed E-state index contributed by atoms with van der Waals surface area (Å²) in [5.74, 6) is 2.56. The van der Waals surface area contributed by atoms with Crippen molar-refractivity contribution in [3.05, 3.63) is 11.6 Å². The quantitative estimate of drug-likeness (QED) is 0.416. The van der Waals surface area contributed by atoms with Crippen molar-refractivity contribution in [3.8, 4) is 0 Å². The molecule has 6 nitrogen and oxygen atoms in total. The van der Waals surface area contributed by atoms with Crippen molar-refractivity contribution in [2.45, 2.75) is 84.2 Å². The van der Waals surface area contributed by atoms with Gasteiger partial charge in [0.05, 0.1) is 0 Å². The number of unbranched alkanes of at least 4 members (excludes halogenated alkanes) is 5. The second kappa shape index (κ2) is 10.2. The highest BCUT2D eigenvalue weighted by molar-refractivity contribution is 5.77. The van der Waals surface area contributed by atoms with Crippen LogP contribution in [0.25, 0.3) is 0 Å². The molecule has 1 aromatic heterocycles. The van der Waals surface area contributed by atoms with Gasteiger partial charge < -0.3 is 15.6 Å². The Kier molecular flexibility index (Phi) is 7.90. The molecule has 0 saturated heterocycles. The third-order valence-corrected chi connectivity index (χ3v) is 4.41. The Labute approximate surface area is 140 Å².